The molecule has 1 aliphatic heterocycles. The highest BCUT2D eigenvalue weighted by atomic mass is 16.1. The Labute approximate surface area is 98.2 Å². The Morgan fingerprint density at radius 1 is 1.12 bits per heavy atom. The fraction of sp³-hybridized carbons (Fsp3) is 0.929. The zero-order valence-corrected chi connectivity index (χ0v) is 10.5. The number of fused-ring (bicyclic) bond motifs is 2. The number of carbonyl (C=O) groups excluding carboxylic acids is 1. The Hall–Kier alpha value is -0.370. The zero-order valence-electron chi connectivity index (χ0n) is 10.5. The topological polar surface area (TPSA) is 29.1 Å². The molecule has 0 aromatic carbocycles. The van der Waals surface area contributed by atoms with E-state index in [9.17, 15) is 4.79 Å². The van der Waals surface area contributed by atoms with Crippen LogP contribution in [0.25, 0.3) is 0 Å². The van der Waals surface area contributed by atoms with Crippen LogP contribution in [0.3, 0.4) is 0 Å². The lowest BCUT2D eigenvalue weighted by atomic mass is 9.71. The number of carbonyl (C=O) groups is 1. The third-order valence-corrected chi connectivity index (χ3v) is 5.03. The van der Waals surface area contributed by atoms with E-state index in [1.807, 2.05) is 0 Å². The van der Waals surface area contributed by atoms with Gasteiger partial charge < -0.3 is 5.32 Å². The number of rotatable bonds is 2. The molecule has 16 heavy (non-hydrogen) atoms. The van der Waals surface area contributed by atoms with Crippen molar-refractivity contribution in [2.24, 2.45) is 29.1 Å². The highest BCUT2D eigenvalue weighted by Gasteiger charge is 2.52. The molecule has 0 spiro atoms. The van der Waals surface area contributed by atoms with Gasteiger partial charge in [0, 0.05) is 11.8 Å². The largest absolute Gasteiger partial charge is 0.316 e. The lowest BCUT2D eigenvalue weighted by Gasteiger charge is -2.39. The number of Topliss-reactive ketones (excluding diaryl/α,β-unsaturated/α-hetero) is 1. The van der Waals surface area contributed by atoms with Crippen molar-refractivity contribution in [2.45, 2.75) is 39.5 Å². The maximum atomic E-state index is 12.4. The van der Waals surface area contributed by atoms with Crippen LogP contribution in [-0.4, -0.2) is 18.9 Å². The summed E-state index contributed by atoms with van der Waals surface area (Å²) in [4.78, 5) is 12.4. The van der Waals surface area contributed by atoms with Crippen molar-refractivity contribution >= 4 is 5.78 Å². The van der Waals surface area contributed by atoms with Gasteiger partial charge in [0.1, 0.15) is 5.78 Å². The van der Waals surface area contributed by atoms with Gasteiger partial charge in [-0.3, -0.25) is 4.79 Å². The Morgan fingerprint density at radius 2 is 1.69 bits per heavy atom. The molecule has 1 heterocycles. The van der Waals surface area contributed by atoms with Crippen LogP contribution in [0.2, 0.25) is 0 Å². The average Bonchev–Trinajstić information content (AvgIpc) is 2.86. The van der Waals surface area contributed by atoms with E-state index >= 15 is 0 Å². The summed E-state index contributed by atoms with van der Waals surface area (Å²) in [5.41, 5.74) is 0.321. The third-order valence-electron chi connectivity index (χ3n) is 5.03. The standard InChI is InChI=1S/C14H23NO/c1-14(2)6-12(14)13(16)11-4-9-3-10(5-11)8-15-7-9/h9-12,15H,3-8H2,1-2H3. The molecular weight excluding hydrogens is 198 g/mol. The predicted molar refractivity (Wildman–Crippen MR) is 64.1 cm³/mol. The van der Waals surface area contributed by atoms with E-state index in [2.05, 4.69) is 19.2 Å². The van der Waals surface area contributed by atoms with Crippen LogP contribution in [0.1, 0.15) is 39.5 Å². The molecule has 0 aromatic rings. The van der Waals surface area contributed by atoms with Gasteiger partial charge in [0.2, 0.25) is 0 Å². The van der Waals surface area contributed by atoms with E-state index < -0.39 is 0 Å². The minimum absolute atomic E-state index is 0.321. The molecule has 2 saturated carbocycles. The number of ketones is 1. The first kappa shape index (κ1) is 10.8. The van der Waals surface area contributed by atoms with E-state index in [-0.39, 0.29) is 0 Å². The van der Waals surface area contributed by atoms with E-state index in [4.69, 9.17) is 0 Å². The fourth-order valence-electron chi connectivity index (χ4n) is 3.86. The molecule has 0 aromatic heterocycles. The van der Waals surface area contributed by atoms with Crippen molar-refractivity contribution in [3.8, 4) is 0 Å². The second kappa shape index (κ2) is 3.56. The Morgan fingerprint density at radius 3 is 2.19 bits per heavy atom. The predicted octanol–water partition coefficient (Wildman–Crippen LogP) is 2.24. The van der Waals surface area contributed by atoms with Crippen molar-refractivity contribution in [1.82, 2.24) is 5.32 Å². The number of hydrogen-bond donors (Lipinski definition) is 1. The molecule has 3 rings (SSSR count). The summed E-state index contributed by atoms with van der Waals surface area (Å²) < 4.78 is 0. The molecule has 3 fully saturated rings. The highest BCUT2D eigenvalue weighted by Crippen LogP contribution is 2.54. The van der Waals surface area contributed by atoms with E-state index in [1.165, 1.54) is 6.42 Å². The number of hydrogen-bond acceptors (Lipinski definition) is 2. The summed E-state index contributed by atoms with van der Waals surface area (Å²) >= 11 is 0. The van der Waals surface area contributed by atoms with Crippen LogP contribution in [0, 0.1) is 29.1 Å². The van der Waals surface area contributed by atoms with Crippen LogP contribution in [0.5, 0.6) is 0 Å². The fourth-order valence-corrected chi connectivity index (χ4v) is 3.86. The zero-order chi connectivity index (χ0) is 11.3. The molecule has 2 nitrogen and oxygen atoms in total. The third kappa shape index (κ3) is 1.81. The first-order chi connectivity index (χ1) is 7.56. The highest BCUT2D eigenvalue weighted by molar-refractivity contribution is 5.86. The van der Waals surface area contributed by atoms with Crippen molar-refractivity contribution in [3.05, 3.63) is 0 Å². The molecular formula is C14H23NO. The van der Waals surface area contributed by atoms with Crippen molar-refractivity contribution < 1.29 is 4.79 Å². The van der Waals surface area contributed by atoms with E-state index in [1.54, 1.807) is 0 Å². The quantitative estimate of drug-likeness (QED) is 0.775. The molecule has 2 aliphatic carbocycles. The minimum atomic E-state index is 0.321. The van der Waals surface area contributed by atoms with Gasteiger partial charge in [-0.25, -0.2) is 0 Å². The van der Waals surface area contributed by atoms with Gasteiger partial charge in [0.25, 0.3) is 0 Å². The SMILES string of the molecule is CC1(C)CC1C(=O)C1CC2CNCC(C2)C1. The first-order valence-electron chi connectivity index (χ1n) is 6.81. The van der Waals surface area contributed by atoms with E-state index in [0.29, 0.717) is 23.0 Å². The lowest BCUT2D eigenvalue weighted by Crippen LogP contribution is -2.43. The summed E-state index contributed by atoms with van der Waals surface area (Å²) in [5, 5.41) is 3.50. The molecule has 2 bridgehead atoms. The van der Waals surface area contributed by atoms with Crippen LogP contribution in [0.15, 0.2) is 0 Å². The van der Waals surface area contributed by atoms with Crippen molar-refractivity contribution in [3.63, 3.8) is 0 Å². The molecule has 3 aliphatic rings. The Bertz CT molecular complexity index is 298. The monoisotopic (exact) mass is 221 g/mol. The van der Waals surface area contributed by atoms with Crippen LogP contribution >= 0.6 is 0 Å². The van der Waals surface area contributed by atoms with Crippen LogP contribution in [-0.2, 0) is 4.79 Å². The van der Waals surface area contributed by atoms with Crippen molar-refractivity contribution in [2.75, 3.05) is 13.1 Å². The van der Waals surface area contributed by atoms with Gasteiger partial charge in [0.05, 0.1) is 0 Å². The number of nitrogens with one attached hydrogen (secondary N) is 1. The maximum absolute atomic E-state index is 12.4. The molecule has 1 N–H and O–H groups in total. The van der Waals surface area contributed by atoms with Gasteiger partial charge in [-0.1, -0.05) is 13.8 Å². The van der Waals surface area contributed by atoms with Gasteiger partial charge in [-0.05, 0) is 56.0 Å². The van der Waals surface area contributed by atoms with Gasteiger partial charge in [0.15, 0.2) is 0 Å². The molecule has 0 amide bonds. The van der Waals surface area contributed by atoms with Crippen LogP contribution < -0.4 is 5.32 Å². The summed E-state index contributed by atoms with van der Waals surface area (Å²) in [6, 6.07) is 0. The molecule has 0 radical (unpaired) electrons. The Kier molecular flexibility index (Phi) is 2.39. The van der Waals surface area contributed by atoms with Crippen LogP contribution in [0.4, 0.5) is 0 Å². The molecule has 2 heteroatoms. The molecule has 3 atom stereocenters. The summed E-state index contributed by atoms with van der Waals surface area (Å²) in [5.74, 6) is 2.95. The summed E-state index contributed by atoms with van der Waals surface area (Å²) in [6.07, 6.45) is 4.82. The van der Waals surface area contributed by atoms with E-state index in [0.717, 1.165) is 44.2 Å². The normalized spacial score (nSPS) is 45.1. The second-order valence-corrected chi connectivity index (χ2v) is 6.94. The minimum Gasteiger partial charge on any atom is -0.316 e. The number of piperidine rings is 1. The van der Waals surface area contributed by atoms with Gasteiger partial charge in [-0.15, -0.1) is 0 Å². The second-order valence-electron chi connectivity index (χ2n) is 6.94. The Balaban J connectivity index is 1.65. The molecule has 3 unspecified atom stereocenters. The first-order valence-corrected chi connectivity index (χ1v) is 6.81. The summed E-state index contributed by atoms with van der Waals surface area (Å²) in [7, 11) is 0. The van der Waals surface area contributed by atoms with Gasteiger partial charge >= 0.3 is 0 Å². The molecule has 90 valence electrons. The van der Waals surface area contributed by atoms with Gasteiger partial charge in [-0.2, -0.15) is 0 Å². The average molecular weight is 221 g/mol. The smallest absolute Gasteiger partial charge is 0.139 e. The maximum Gasteiger partial charge on any atom is 0.139 e. The van der Waals surface area contributed by atoms with Crippen molar-refractivity contribution in [1.29, 1.82) is 0 Å². The lowest BCUT2D eigenvalue weighted by molar-refractivity contribution is -0.127. The molecule has 1 saturated heterocycles. The summed E-state index contributed by atoms with van der Waals surface area (Å²) in [6.45, 7) is 6.77.